The van der Waals surface area contributed by atoms with Crippen molar-refractivity contribution in [3.63, 3.8) is 0 Å². The molecule has 0 atom stereocenters. The minimum Gasteiger partial charge on any atom is -0.336 e. The molecule has 1 aliphatic heterocycles. The lowest BCUT2D eigenvalue weighted by Crippen LogP contribution is -2.48. The number of rotatable bonds is 3. The van der Waals surface area contributed by atoms with Gasteiger partial charge in [0.2, 0.25) is 0 Å². The summed E-state index contributed by atoms with van der Waals surface area (Å²) in [5.41, 5.74) is 2.86. The molecule has 0 bridgehead atoms. The summed E-state index contributed by atoms with van der Waals surface area (Å²) in [4.78, 5) is 16.8. The average molecular weight is 355 g/mol. The normalized spacial score (nSPS) is 15.6. The lowest BCUT2D eigenvalue weighted by molar-refractivity contribution is 0.0627. The number of amides is 1. The maximum absolute atomic E-state index is 12.5. The van der Waals surface area contributed by atoms with Crippen LogP contribution in [0.4, 0.5) is 0 Å². The number of benzene rings is 1. The molecule has 1 fully saturated rings. The Bertz CT molecular complexity index is 849. The number of carbonyl (C=O) groups is 1. The molecule has 0 unspecified atom stereocenters. The van der Waals surface area contributed by atoms with Gasteiger partial charge in [0.1, 0.15) is 0 Å². The zero-order valence-corrected chi connectivity index (χ0v) is 14.6. The first-order chi connectivity index (χ1) is 12.2. The van der Waals surface area contributed by atoms with Crippen molar-refractivity contribution in [2.75, 3.05) is 26.2 Å². The topological polar surface area (TPSA) is 40.9 Å². The number of piperazine rings is 1. The van der Waals surface area contributed by atoms with Gasteiger partial charge in [-0.25, -0.2) is 4.52 Å². The van der Waals surface area contributed by atoms with Crippen LogP contribution in [0.5, 0.6) is 0 Å². The number of hydrogen-bond acceptors (Lipinski definition) is 3. The highest BCUT2D eigenvalue weighted by Crippen LogP contribution is 2.14. The van der Waals surface area contributed by atoms with Gasteiger partial charge >= 0.3 is 0 Å². The average Bonchev–Trinajstić information content (AvgIpc) is 3.05. The Balaban J connectivity index is 1.36. The van der Waals surface area contributed by atoms with E-state index in [9.17, 15) is 4.79 Å². The zero-order valence-electron chi connectivity index (χ0n) is 13.8. The highest BCUT2D eigenvalue weighted by atomic mass is 35.5. The number of halogens is 1. The van der Waals surface area contributed by atoms with Crippen LogP contribution >= 0.6 is 11.6 Å². The molecule has 6 heteroatoms. The molecule has 1 aromatic carbocycles. The summed E-state index contributed by atoms with van der Waals surface area (Å²) in [7, 11) is 0. The van der Waals surface area contributed by atoms with Crippen molar-refractivity contribution in [1.29, 1.82) is 0 Å². The maximum atomic E-state index is 12.5. The van der Waals surface area contributed by atoms with E-state index < -0.39 is 0 Å². The molecule has 1 saturated heterocycles. The Labute approximate surface area is 151 Å². The van der Waals surface area contributed by atoms with Crippen LogP contribution in [0.25, 0.3) is 5.52 Å². The van der Waals surface area contributed by atoms with E-state index in [1.165, 1.54) is 0 Å². The van der Waals surface area contributed by atoms with Crippen LogP contribution in [0.1, 0.15) is 16.1 Å². The van der Waals surface area contributed by atoms with Crippen LogP contribution < -0.4 is 0 Å². The molecule has 4 rings (SSSR count). The summed E-state index contributed by atoms with van der Waals surface area (Å²) >= 11 is 5.89. The fourth-order valence-corrected chi connectivity index (χ4v) is 3.31. The third kappa shape index (κ3) is 3.52. The smallest absolute Gasteiger partial charge is 0.253 e. The number of pyridine rings is 1. The first-order valence-electron chi connectivity index (χ1n) is 8.39. The van der Waals surface area contributed by atoms with Crippen molar-refractivity contribution in [3.05, 3.63) is 71.0 Å². The Hall–Kier alpha value is -2.37. The monoisotopic (exact) mass is 354 g/mol. The van der Waals surface area contributed by atoms with E-state index in [0.717, 1.165) is 43.9 Å². The number of nitrogens with zero attached hydrogens (tertiary/aromatic N) is 4. The molecular weight excluding hydrogens is 336 g/mol. The zero-order chi connectivity index (χ0) is 17.2. The molecule has 128 valence electrons. The molecule has 5 nitrogen and oxygen atoms in total. The summed E-state index contributed by atoms with van der Waals surface area (Å²) in [6.45, 7) is 3.98. The fraction of sp³-hybridized carbons (Fsp3) is 0.263. The third-order valence-corrected chi connectivity index (χ3v) is 4.81. The minimum atomic E-state index is 0.0732. The van der Waals surface area contributed by atoms with Gasteiger partial charge in [-0.1, -0.05) is 17.7 Å². The van der Waals surface area contributed by atoms with E-state index in [1.54, 1.807) is 24.3 Å². The highest BCUT2D eigenvalue weighted by Gasteiger charge is 2.22. The highest BCUT2D eigenvalue weighted by molar-refractivity contribution is 6.30. The van der Waals surface area contributed by atoms with Crippen LogP contribution in [0.3, 0.4) is 0 Å². The molecule has 3 heterocycles. The van der Waals surface area contributed by atoms with E-state index >= 15 is 0 Å². The van der Waals surface area contributed by atoms with Crippen molar-refractivity contribution < 1.29 is 4.79 Å². The van der Waals surface area contributed by atoms with Crippen LogP contribution in [0.15, 0.2) is 54.7 Å². The van der Waals surface area contributed by atoms with Crippen molar-refractivity contribution in [1.82, 2.24) is 19.4 Å². The Morgan fingerprint density at radius 2 is 1.80 bits per heavy atom. The fourth-order valence-electron chi connectivity index (χ4n) is 3.18. The second kappa shape index (κ2) is 6.86. The second-order valence-corrected chi connectivity index (χ2v) is 6.72. The van der Waals surface area contributed by atoms with Gasteiger partial charge in [-0.15, -0.1) is 0 Å². The van der Waals surface area contributed by atoms with Gasteiger partial charge < -0.3 is 4.90 Å². The van der Waals surface area contributed by atoms with Crippen LogP contribution in [-0.4, -0.2) is 51.5 Å². The first kappa shape index (κ1) is 16.1. The van der Waals surface area contributed by atoms with Crippen LogP contribution in [-0.2, 0) is 6.54 Å². The van der Waals surface area contributed by atoms with Gasteiger partial charge in [-0.05, 0) is 42.5 Å². The lowest BCUT2D eigenvalue weighted by Gasteiger charge is -2.34. The Morgan fingerprint density at radius 3 is 2.52 bits per heavy atom. The standard InChI is InChI=1S/C19H19ClN4O/c20-16-6-4-15(5-7-16)19(25)23-11-9-22(10-12-23)14-17-13-18-3-1-2-8-24(18)21-17/h1-8,13H,9-12,14H2. The molecule has 0 spiro atoms. The van der Waals surface area contributed by atoms with Crippen LogP contribution in [0, 0.1) is 0 Å². The predicted molar refractivity (Wildman–Crippen MR) is 97.8 cm³/mol. The van der Waals surface area contributed by atoms with Gasteiger partial charge in [0.05, 0.1) is 11.2 Å². The number of aromatic nitrogens is 2. The molecule has 25 heavy (non-hydrogen) atoms. The molecule has 0 N–H and O–H groups in total. The second-order valence-electron chi connectivity index (χ2n) is 6.28. The van der Waals surface area contributed by atoms with Crippen molar-refractivity contribution >= 4 is 23.0 Å². The van der Waals surface area contributed by atoms with Crippen molar-refractivity contribution in [2.45, 2.75) is 6.54 Å². The van der Waals surface area contributed by atoms with Gasteiger partial charge in [-0.3, -0.25) is 9.69 Å². The summed E-state index contributed by atoms with van der Waals surface area (Å²) in [6.07, 6.45) is 1.96. The Morgan fingerprint density at radius 1 is 1.04 bits per heavy atom. The first-order valence-corrected chi connectivity index (χ1v) is 8.77. The predicted octanol–water partition coefficient (Wildman–Crippen LogP) is 2.95. The van der Waals surface area contributed by atoms with E-state index in [4.69, 9.17) is 11.6 Å². The minimum absolute atomic E-state index is 0.0732. The number of fused-ring (bicyclic) bond motifs is 1. The van der Waals surface area contributed by atoms with Gasteiger partial charge in [0, 0.05) is 49.5 Å². The van der Waals surface area contributed by atoms with E-state index in [2.05, 4.69) is 22.1 Å². The molecule has 0 radical (unpaired) electrons. The van der Waals surface area contributed by atoms with Crippen LogP contribution in [0.2, 0.25) is 5.02 Å². The van der Waals surface area contributed by atoms with Gasteiger partial charge in [0.15, 0.2) is 0 Å². The molecular formula is C19H19ClN4O. The molecule has 3 aromatic rings. The molecule has 1 amide bonds. The number of hydrogen-bond donors (Lipinski definition) is 0. The third-order valence-electron chi connectivity index (χ3n) is 4.56. The summed E-state index contributed by atoms with van der Waals surface area (Å²) < 4.78 is 1.90. The van der Waals surface area contributed by atoms with E-state index in [0.29, 0.717) is 10.6 Å². The molecule has 1 aliphatic rings. The largest absolute Gasteiger partial charge is 0.336 e. The van der Waals surface area contributed by atoms with E-state index in [-0.39, 0.29) is 5.91 Å². The van der Waals surface area contributed by atoms with Gasteiger partial charge in [0.25, 0.3) is 5.91 Å². The summed E-state index contributed by atoms with van der Waals surface area (Å²) in [6, 6.07) is 15.3. The quantitative estimate of drug-likeness (QED) is 0.726. The SMILES string of the molecule is O=C(c1ccc(Cl)cc1)N1CCN(Cc2cc3ccccn3n2)CC1. The Kier molecular flexibility index (Phi) is 4.42. The van der Waals surface area contributed by atoms with Crippen molar-refractivity contribution in [2.24, 2.45) is 0 Å². The maximum Gasteiger partial charge on any atom is 0.253 e. The lowest BCUT2D eigenvalue weighted by atomic mass is 10.2. The molecule has 0 aliphatic carbocycles. The summed E-state index contributed by atoms with van der Waals surface area (Å²) in [5, 5.41) is 5.25. The number of carbonyl (C=O) groups excluding carboxylic acids is 1. The van der Waals surface area contributed by atoms with Gasteiger partial charge in [-0.2, -0.15) is 5.10 Å². The molecule has 2 aromatic heterocycles. The molecule has 0 saturated carbocycles. The van der Waals surface area contributed by atoms with E-state index in [1.807, 2.05) is 27.7 Å². The van der Waals surface area contributed by atoms with Crippen molar-refractivity contribution in [3.8, 4) is 0 Å². The summed E-state index contributed by atoms with van der Waals surface area (Å²) in [5.74, 6) is 0.0732.